The fourth-order valence-electron chi connectivity index (χ4n) is 5.77. The molecule has 1 aromatic carbocycles. The van der Waals surface area contributed by atoms with Gasteiger partial charge in [0.1, 0.15) is 12.4 Å². The molecule has 4 rings (SSSR count). The zero-order valence-corrected chi connectivity index (χ0v) is 22.9. The van der Waals surface area contributed by atoms with E-state index < -0.39 is 10.0 Å². The van der Waals surface area contributed by atoms with Crippen molar-refractivity contribution in [2.45, 2.75) is 70.5 Å². The summed E-state index contributed by atoms with van der Waals surface area (Å²) in [5.41, 5.74) is 2.49. The lowest BCUT2D eigenvalue weighted by Gasteiger charge is -2.39. The average molecular weight is 518 g/mol. The number of aromatic nitrogens is 1. The number of aryl methyl sites for hydroxylation is 2. The third-order valence-corrected chi connectivity index (χ3v) is 9.64. The summed E-state index contributed by atoms with van der Waals surface area (Å²) in [6.45, 7) is 9.88. The average Bonchev–Trinajstić information content (AvgIpc) is 3.31. The number of carbonyl (C=O) groups excluding carboxylic acids is 1. The second-order valence-corrected chi connectivity index (χ2v) is 12.1. The molecular formula is C27H39N3O5S. The Labute approximate surface area is 215 Å². The van der Waals surface area contributed by atoms with Crippen molar-refractivity contribution < 1.29 is 22.7 Å². The number of amides is 1. The van der Waals surface area contributed by atoms with E-state index in [2.05, 4.69) is 30.7 Å². The van der Waals surface area contributed by atoms with E-state index in [-0.39, 0.29) is 37.1 Å². The van der Waals surface area contributed by atoms with E-state index >= 15 is 0 Å². The van der Waals surface area contributed by atoms with Crippen LogP contribution in [0.1, 0.15) is 56.0 Å². The lowest BCUT2D eigenvalue weighted by molar-refractivity contribution is -0.141. The summed E-state index contributed by atoms with van der Waals surface area (Å²) >= 11 is 0. The molecule has 198 valence electrons. The van der Waals surface area contributed by atoms with E-state index in [9.17, 15) is 13.2 Å². The lowest BCUT2D eigenvalue weighted by Crippen LogP contribution is -2.48. The van der Waals surface area contributed by atoms with Gasteiger partial charge in [-0.05, 0) is 68.0 Å². The van der Waals surface area contributed by atoms with Crippen LogP contribution in [0.5, 0.6) is 5.75 Å². The second-order valence-electron chi connectivity index (χ2n) is 10.3. The summed E-state index contributed by atoms with van der Waals surface area (Å²) in [4.78, 5) is 15.4. The molecule has 0 N–H and O–H groups in total. The SMILES string of the molecule is COc1cc(C)c(S(=O)(=O)N2CCCCC2COCC(=O)N2CCn3cccc3C2C(C)C)c(C)c1. The molecule has 8 nitrogen and oxygen atoms in total. The Balaban J connectivity index is 1.44. The highest BCUT2D eigenvalue weighted by molar-refractivity contribution is 7.89. The van der Waals surface area contributed by atoms with Gasteiger partial charge in [0.15, 0.2) is 0 Å². The molecule has 1 amide bonds. The van der Waals surface area contributed by atoms with Gasteiger partial charge in [-0.1, -0.05) is 20.3 Å². The highest BCUT2D eigenvalue weighted by Gasteiger charge is 2.37. The van der Waals surface area contributed by atoms with Crippen LogP contribution < -0.4 is 4.74 Å². The number of methoxy groups -OCH3 is 1. The van der Waals surface area contributed by atoms with Gasteiger partial charge in [-0.2, -0.15) is 4.31 Å². The van der Waals surface area contributed by atoms with Crippen molar-refractivity contribution in [1.82, 2.24) is 13.8 Å². The number of fused-ring (bicyclic) bond motifs is 1. The molecule has 2 aliphatic rings. The number of piperidine rings is 1. The maximum Gasteiger partial charge on any atom is 0.249 e. The molecule has 2 aliphatic heterocycles. The maximum absolute atomic E-state index is 13.7. The monoisotopic (exact) mass is 517 g/mol. The van der Waals surface area contributed by atoms with Crippen molar-refractivity contribution >= 4 is 15.9 Å². The largest absolute Gasteiger partial charge is 0.497 e. The van der Waals surface area contributed by atoms with Crippen molar-refractivity contribution in [1.29, 1.82) is 0 Å². The predicted octanol–water partition coefficient (Wildman–Crippen LogP) is 3.91. The molecule has 1 fully saturated rings. The van der Waals surface area contributed by atoms with Crippen LogP contribution in [0.4, 0.5) is 0 Å². The number of rotatable bonds is 8. The smallest absolute Gasteiger partial charge is 0.249 e. The molecule has 9 heteroatoms. The van der Waals surface area contributed by atoms with Crippen LogP contribution in [-0.2, 0) is 26.1 Å². The number of sulfonamides is 1. The number of carbonyl (C=O) groups is 1. The summed E-state index contributed by atoms with van der Waals surface area (Å²) in [7, 11) is -2.14. The normalized spacial score (nSPS) is 21.0. The minimum atomic E-state index is -3.72. The molecule has 0 saturated carbocycles. The number of benzene rings is 1. The first-order valence-corrected chi connectivity index (χ1v) is 14.3. The molecule has 0 spiro atoms. The Kier molecular flexibility index (Phi) is 8.12. The van der Waals surface area contributed by atoms with Gasteiger partial charge in [0.25, 0.3) is 0 Å². The Morgan fingerprint density at radius 1 is 1.11 bits per heavy atom. The molecular weight excluding hydrogens is 478 g/mol. The zero-order valence-electron chi connectivity index (χ0n) is 22.1. The summed E-state index contributed by atoms with van der Waals surface area (Å²) in [5, 5.41) is 0. The zero-order chi connectivity index (χ0) is 26.0. The maximum atomic E-state index is 13.7. The standard InChI is InChI=1S/C27H39N3O5S/c1-19(2)26-24-10-8-11-28(24)13-14-29(26)25(31)18-35-17-22-9-6-7-12-30(22)36(32,33)27-20(3)15-23(34-5)16-21(27)4/h8,10-11,15-16,19,22,26H,6-7,9,12-14,17-18H2,1-5H3. The predicted molar refractivity (Wildman–Crippen MR) is 139 cm³/mol. The Bertz CT molecular complexity index is 1170. The minimum Gasteiger partial charge on any atom is -0.497 e. The van der Waals surface area contributed by atoms with Crippen molar-refractivity contribution in [3.8, 4) is 5.75 Å². The fraction of sp³-hybridized carbons (Fsp3) is 0.593. The van der Waals surface area contributed by atoms with E-state index in [1.165, 1.54) is 0 Å². The van der Waals surface area contributed by atoms with E-state index in [4.69, 9.17) is 9.47 Å². The Hall–Kier alpha value is -2.36. The fourth-order valence-corrected chi connectivity index (χ4v) is 7.86. The number of hydrogen-bond acceptors (Lipinski definition) is 5. The first kappa shape index (κ1) is 26.7. The quantitative estimate of drug-likeness (QED) is 0.530. The first-order valence-electron chi connectivity index (χ1n) is 12.8. The molecule has 0 radical (unpaired) electrons. The second kappa shape index (κ2) is 10.9. The van der Waals surface area contributed by atoms with Crippen molar-refractivity contribution in [3.63, 3.8) is 0 Å². The van der Waals surface area contributed by atoms with Crippen LogP contribution in [0, 0.1) is 19.8 Å². The molecule has 3 heterocycles. The molecule has 1 saturated heterocycles. The molecule has 1 aromatic heterocycles. The molecule has 0 aliphatic carbocycles. The summed E-state index contributed by atoms with van der Waals surface area (Å²) in [5.74, 6) is 0.872. The number of hydrogen-bond donors (Lipinski definition) is 0. The van der Waals surface area contributed by atoms with Crippen molar-refractivity contribution in [2.24, 2.45) is 5.92 Å². The first-order chi connectivity index (χ1) is 17.1. The molecule has 2 atom stereocenters. The topological polar surface area (TPSA) is 81.1 Å². The van der Waals surface area contributed by atoms with Gasteiger partial charge >= 0.3 is 0 Å². The molecule has 36 heavy (non-hydrogen) atoms. The van der Waals surface area contributed by atoms with E-state index in [1.807, 2.05) is 11.0 Å². The Morgan fingerprint density at radius 2 is 1.83 bits per heavy atom. The van der Waals surface area contributed by atoms with Crippen LogP contribution in [0.3, 0.4) is 0 Å². The van der Waals surface area contributed by atoms with Crippen LogP contribution in [-0.4, -0.2) is 67.6 Å². The number of ether oxygens (including phenoxy) is 2. The van der Waals surface area contributed by atoms with E-state index in [1.54, 1.807) is 37.4 Å². The third-order valence-electron chi connectivity index (χ3n) is 7.38. The summed E-state index contributed by atoms with van der Waals surface area (Å²) in [6.07, 6.45) is 4.53. The molecule has 2 aromatic rings. The lowest BCUT2D eigenvalue weighted by atomic mass is 9.97. The summed E-state index contributed by atoms with van der Waals surface area (Å²) < 4.78 is 42.5. The molecule has 2 unspecified atom stereocenters. The van der Waals surface area contributed by atoms with Gasteiger partial charge in [0.05, 0.1) is 24.7 Å². The van der Waals surface area contributed by atoms with Crippen LogP contribution in [0.25, 0.3) is 0 Å². The van der Waals surface area contributed by atoms with Crippen LogP contribution >= 0.6 is 0 Å². The van der Waals surface area contributed by atoms with Gasteiger partial charge < -0.3 is 18.9 Å². The van der Waals surface area contributed by atoms with E-state index in [0.29, 0.717) is 41.3 Å². The van der Waals surface area contributed by atoms with Gasteiger partial charge in [-0.25, -0.2) is 8.42 Å². The van der Waals surface area contributed by atoms with Gasteiger partial charge in [0.2, 0.25) is 15.9 Å². The van der Waals surface area contributed by atoms with Crippen molar-refractivity contribution in [2.75, 3.05) is 33.4 Å². The van der Waals surface area contributed by atoms with Crippen LogP contribution in [0.15, 0.2) is 35.4 Å². The van der Waals surface area contributed by atoms with Gasteiger partial charge in [-0.15, -0.1) is 0 Å². The third kappa shape index (κ3) is 5.19. The van der Waals surface area contributed by atoms with Gasteiger partial charge in [-0.3, -0.25) is 4.79 Å². The highest BCUT2D eigenvalue weighted by atomic mass is 32.2. The van der Waals surface area contributed by atoms with Crippen LogP contribution in [0.2, 0.25) is 0 Å². The van der Waals surface area contributed by atoms with Gasteiger partial charge in [0, 0.05) is 37.6 Å². The van der Waals surface area contributed by atoms with Crippen molar-refractivity contribution in [3.05, 3.63) is 47.3 Å². The summed E-state index contributed by atoms with van der Waals surface area (Å²) in [6, 6.07) is 7.34. The Morgan fingerprint density at radius 3 is 2.50 bits per heavy atom. The minimum absolute atomic E-state index is 0.0115. The molecule has 0 bridgehead atoms. The van der Waals surface area contributed by atoms with E-state index in [0.717, 1.165) is 25.1 Å². The number of nitrogens with zero attached hydrogens (tertiary/aromatic N) is 3. The highest BCUT2D eigenvalue weighted by Crippen LogP contribution is 2.33.